The SMILES string of the molecule is O=C(O)CCCCCCCC1OC1CCCCCCCCO.[H-].[Na+]. The van der Waals surface area contributed by atoms with Crippen LogP contribution in [0.4, 0.5) is 0 Å². The molecule has 0 bridgehead atoms. The number of epoxide rings is 1. The van der Waals surface area contributed by atoms with Crippen molar-refractivity contribution in [2.75, 3.05) is 6.61 Å². The maximum atomic E-state index is 10.4. The maximum absolute atomic E-state index is 10.4. The summed E-state index contributed by atoms with van der Waals surface area (Å²) in [4.78, 5) is 10.4. The Hall–Kier alpha value is 0.390. The van der Waals surface area contributed by atoms with Crippen LogP contribution in [0.25, 0.3) is 0 Å². The molecule has 132 valence electrons. The molecule has 0 radical (unpaired) electrons. The zero-order valence-electron chi connectivity index (χ0n) is 16.0. The molecule has 0 aromatic carbocycles. The van der Waals surface area contributed by atoms with Crippen molar-refractivity contribution in [3.8, 4) is 0 Å². The number of aliphatic hydroxyl groups is 1. The van der Waals surface area contributed by atoms with Gasteiger partial charge < -0.3 is 16.4 Å². The van der Waals surface area contributed by atoms with E-state index in [1.54, 1.807) is 0 Å². The number of aliphatic hydroxyl groups excluding tert-OH is 1. The van der Waals surface area contributed by atoms with E-state index < -0.39 is 5.97 Å². The average molecular weight is 338 g/mol. The fourth-order valence-electron chi connectivity index (χ4n) is 3.00. The van der Waals surface area contributed by atoms with Crippen LogP contribution in [-0.4, -0.2) is 35.0 Å². The molecule has 4 nitrogen and oxygen atoms in total. The fourth-order valence-corrected chi connectivity index (χ4v) is 3.00. The van der Waals surface area contributed by atoms with E-state index in [1.807, 2.05) is 0 Å². The number of unbranched alkanes of at least 4 members (excludes halogenated alkanes) is 9. The van der Waals surface area contributed by atoms with Crippen molar-refractivity contribution in [3.63, 3.8) is 0 Å². The second-order valence-corrected chi connectivity index (χ2v) is 6.55. The molecule has 1 rings (SSSR count). The van der Waals surface area contributed by atoms with Gasteiger partial charge in [0.2, 0.25) is 0 Å². The van der Waals surface area contributed by atoms with E-state index in [0.717, 1.165) is 32.1 Å². The van der Waals surface area contributed by atoms with Gasteiger partial charge >= 0.3 is 35.5 Å². The molecule has 2 atom stereocenters. The molecule has 0 saturated carbocycles. The Labute approximate surface area is 165 Å². The number of hydrogen-bond donors (Lipinski definition) is 2. The number of carboxylic acids is 1. The second-order valence-electron chi connectivity index (χ2n) is 6.55. The predicted octanol–water partition coefficient (Wildman–Crippen LogP) is 1.41. The number of aliphatic carboxylic acids is 1. The van der Waals surface area contributed by atoms with Gasteiger partial charge in [-0.05, 0) is 25.7 Å². The summed E-state index contributed by atoms with van der Waals surface area (Å²) in [6, 6.07) is 0. The molecule has 23 heavy (non-hydrogen) atoms. The third-order valence-corrected chi connectivity index (χ3v) is 4.46. The summed E-state index contributed by atoms with van der Waals surface area (Å²) in [6.07, 6.45) is 16.4. The van der Waals surface area contributed by atoms with Gasteiger partial charge in [-0.1, -0.05) is 57.8 Å². The summed E-state index contributed by atoms with van der Waals surface area (Å²) >= 11 is 0. The molecule has 1 fully saturated rings. The molecule has 0 spiro atoms. The van der Waals surface area contributed by atoms with Gasteiger partial charge in [0.25, 0.3) is 0 Å². The molecule has 0 amide bonds. The molecule has 1 heterocycles. The number of ether oxygens (including phenoxy) is 1. The third-order valence-electron chi connectivity index (χ3n) is 4.46. The Morgan fingerprint density at radius 2 is 1.22 bits per heavy atom. The number of rotatable bonds is 16. The Bertz CT molecular complexity index is 292. The van der Waals surface area contributed by atoms with E-state index in [0.29, 0.717) is 25.2 Å². The minimum absolute atomic E-state index is 0. The first-order valence-electron chi connectivity index (χ1n) is 9.22. The fraction of sp³-hybridized carbons (Fsp3) is 0.944. The van der Waals surface area contributed by atoms with E-state index in [4.69, 9.17) is 14.9 Å². The Balaban J connectivity index is 0. The van der Waals surface area contributed by atoms with Crippen molar-refractivity contribution < 1.29 is 50.7 Å². The van der Waals surface area contributed by atoms with Gasteiger partial charge in [-0.2, -0.15) is 0 Å². The number of carboxylic acid groups (broad SMARTS) is 1. The Kier molecular flexibility index (Phi) is 16.2. The average Bonchev–Trinajstić information content (AvgIpc) is 3.23. The summed E-state index contributed by atoms with van der Waals surface area (Å²) in [5.74, 6) is -0.678. The van der Waals surface area contributed by atoms with Gasteiger partial charge in [-0.3, -0.25) is 4.79 Å². The molecule has 1 saturated heterocycles. The van der Waals surface area contributed by atoms with Crippen LogP contribution in [0.15, 0.2) is 0 Å². The molecule has 0 aromatic rings. The summed E-state index contributed by atoms with van der Waals surface area (Å²) in [5, 5.41) is 17.2. The maximum Gasteiger partial charge on any atom is 1.00 e. The molecule has 5 heteroatoms. The van der Waals surface area contributed by atoms with E-state index >= 15 is 0 Å². The molecule has 1 aliphatic rings. The molecule has 2 unspecified atom stereocenters. The van der Waals surface area contributed by atoms with Crippen LogP contribution in [0.1, 0.15) is 91.3 Å². The second kappa shape index (κ2) is 15.9. The van der Waals surface area contributed by atoms with E-state index in [2.05, 4.69) is 0 Å². The number of hydrogen-bond acceptors (Lipinski definition) is 3. The van der Waals surface area contributed by atoms with Gasteiger partial charge in [0.1, 0.15) is 0 Å². The van der Waals surface area contributed by atoms with Crippen LogP contribution < -0.4 is 29.6 Å². The van der Waals surface area contributed by atoms with Crippen LogP contribution in [0.3, 0.4) is 0 Å². The van der Waals surface area contributed by atoms with Crippen molar-refractivity contribution >= 4 is 5.97 Å². The molecular formula is C18H35NaO4. The van der Waals surface area contributed by atoms with Crippen molar-refractivity contribution in [2.24, 2.45) is 0 Å². The summed E-state index contributed by atoms with van der Waals surface area (Å²) in [7, 11) is 0. The molecular weight excluding hydrogens is 303 g/mol. The van der Waals surface area contributed by atoms with Crippen LogP contribution in [0, 0.1) is 0 Å². The monoisotopic (exact) mass is 338 g/mol. The molecule has 0 aliphatic carbocycles. The first-order chi connectivity index (χ1) is 10.7. The van der Waals surface area contributed by atoms with Gasteiger partial charge in [-0.15, -0.1) is 0 Å². The number of carbonyl (C=O) groups is 1. The quantitative estimate of drug-likeness (QED) is 0.254. The van der Waals surface area contributed by atoms with Crippen LogP contribution >= 0.6 is 0 Å². The van der Waals surface area contributed by atoms with Crippen molar-refractivity contribution in [1.82, 2.24) is 0 Å². The minimum atomic E-state index is -0.678. The third kappa shape index (κ3) is 14.4. The van der Waals surface area contributed by atoms with Gasteiger partial charge in [0.05, 0.1) is 12.2 Å². The van der Waals surface area contributed by atoms with Gasteiger partial charge in [-0.25, -0.2) is 0 Å². The van der Waals surface area contributed by atoms with Crippen LogP contribution in [0.2, 0.25) is 0 Å². The molecule has 1 aliphatic heterocycles. The summed E-state index contributed by atoms with van der Waals surface area (Å²) in [6.45, 7) is 0.331. The zero-order chi connectivity index (χ0) is 16.0. The minimum Gasteiger partial charge on any atom is -1.00 e. The Morgan fingerprint density at radius 1 is 0.783 bits per heavy atom. The standard InChI is InChI=1S/C18H34O4.Na.H/c19-15-11-7-2-1-4-8-12-16-17(22-16)13-9-5-3-6-10-14-18(20)21;;/h16-17,19H,1-15H2,(H,20,21);;/q;+1;-1. The first kappa shape index (κ1) is 23.4. The van der Waals surface area contributed by atoms with Crippen molar-refractivity contribution in [1.29, 1.82) is 0 Å². The van der Waals surface area contributed by atoms with E-state index in [1.165, 1.54) is 51.4 Å². The van der Waals surface area contributed by atoms with Gasteiger partial charge in [0, 0.05) is 13.0 Å². The van der Waals surface area contributed by atoms with Crippen LogP contribution in [0.5, 0.6) is 0 Å². The van der Waals surface area contributed by atoms with E-state index in [9.17, 15) is 4.79 Å². The van der Waals surface area contributed by atoms with E-state index in [-0.39, 0.29) is 31.0 Å². The zero-order valence-corrected chi connectivity index (χ0v) is 17.0. The molecule has 0 aromatic heterocycles. The van der Waals surface area contributed by atoms with Crippen LogP contribution in [-0.2, 0) is 9.53 Å². The van der Waals surface area contributed by atoms with Gasteiger partial charge in [0.15, 0.2) is 0 Å². The summed E-state index contributed by atoms with van der Waals surface area (Å²) in [5.41, 5.74) is 0. The van der Waals surface area contributed by atoms with Crippen molar-refractivity contribution in [2.45, 2.75) is 102 Å². The predicted molar refractivity (Wildman–Crippen MR) is 89.1 cm³/mol. The van der Waals surface area contributed by atoms with Crippen molar-refractivity contribution in [3.05, 3.63) is 0 Å². The largest absolute Gasteiger partial charge is 1.00 e. The summed E-state index contributed by atoms with van der Waals surface area (Å²) < 4.78 is 5.71. The Morgan fingerprint density at radius 3 is 1.70 bits per heavy atom. The smallest absolute Gasteiger partial charge is 1.00 e. The molecule has 2 N–H and O–H groups in total. The topological polar surface area (TPSA) is 70.1 Å². The first-order valence-corrected chi connectivity index (χ1v) is 9.22. The normalized spacial score (nSPS) is 19.3.